The number of furan rings is 1. The van der Waals surface area contributed by atoms with Crippen LogP contribution < -0.4 is 0 Å². The van der Waals surface area contributed by atoms with E-state index in [1.165, 1.54) is 14.2 Å². The van der Waals surface area contributed by atoms with E-state index < -0.39 is 13.4 Å². The first-order valence-corrected chi connectivity index (χ1v) is 7.03. The van der Waals surface area contributed by atoms with Crippen LogP contribution in [0.5, 0.6) is 0 Å². The minimum atomic E-state index is -3.36. The predicted octanol–water partition coefficient (Wildman–Crippen LogP) is 3.10. The lowest BCUT2D eigenvalue weighted by molar-refractivity contribution is 0.0984. The first-order valence-electron chi connectivity index (χ1n) is 5.30. The molecule has 1 aromatic heterocycles. The molecular weight excluding hydrogens is 255 g/mol. The van der Waals surface area contributed by atoms with E-state index >= 15 is 0 Å². The molecule has 0 saturated heterocycles. The van der Waals surface area contributed by atoms with Crippen molar-refractivity contribution in [2.45, 2.75) is 0 Å². The molecule has 1 heterocycles. The highest BCUT2D eigenvalue weighted by molar-refractivity contribution is 7.54. The Kier molecular flexibility index (Phi) is 3.66. The van der Waals surface area contributed by atoms with E-state index in [9.17, 15) is 9.36 Å². The molecule has 0 aliphatic rings. The van der Waals surface area contributed by atoms with Gasteiger partial charge in [0.05, 0.1) is 0 Å². The van der Waals surface area contributed by atoms with Crippen LogP contribution in [0.1, 0.15) is 10.6 Å². The van der Waals surface area contributed by atoms with Gasteiger partial charge in [0.1, 0.15) is 11.7 Å². The number of ketones is 1. The zero-order valence-electron chi connectivity index (χ0n) is 10.1. The Bertz CT molecular complexity index is 575. The maximum Gasteiger partial charge on any atom is 0.338 e. The average molecular weight is 268 g/mol. The number of carbonyl (C=O) groups is 1. The van der Waals surface area contributed by atoms with Crippen LogP contribution in [-0.2, 0) is 13.6 Å². The molecule has 0 fully saturated rings. The third-order valence-electron chi connectivity index (χ3n) is 2.59. The minimum Gasteiger partial charge on any atom is -0.453 e. The van der Waals surface area contributed by atoms with E-state index in [0.29, 0.717) is 5.58 Å². The molecule has 0 spiro atoms. The Morgan fingerprint density at radius 2 is 1.94 bits per heavy atom. The van der Waals surface area contributed by atoms with E-state index in [2.05, 4.69) is 0 Å². The number of para-hydroxylation sites is 1. The molecule has 2 rings (SSSR count). The van der Waals surface area contributed by atoms with Gasteiger partial charge in [-0.25, -0.2) is 0 Å². The van der Waals surface area contributed by atoms with Crippen LogP contribution in [0.3, 0.4) is 0 Å². The Balaban J connectivity index is 2.26. The number of hydrogen-bond acceptors (Lipinski definition) is 5. The number of Topliss-reactive ketones (excluding diaryl/α,β-unsaturated/α-hetero) is 1. The first-order chi connectivity index (χ1) is 8.58. The largest absolute Gasteiger partial charge is 0.453 e. The van der Waals surface area contributed by atoms with Gasteiger partial charge in [0, 0.05) is 19.6 Å². The lowest BCUT2D eigenvalue weighted by atomic mass is 10.2. The van der Waals surface area contributed by atoms with Gasteiger partial charge in [0.2, 0.25) is 5.78 Å². The molecule has 96 valence electrons. The van der Waals surface area contributed by atoms with E-state index in [4.69, 9.17) is 13.5 Å². The molecule has 0 amide bonds. The van der Waals surface area contributed by atoms with Gasteiger partial charge in [0.15, 0.2) is 5.76 Å². The lowest BCUT2D eigenvalue weighted by Gasteiger charge is -2.11. The molecule has 1 aromatic carbocycles. The molecule has 0 unspecified atom stereocenters. The lowest BCUT2D eigenvalue weighted by Crippen LogP contribution is -2.07. The third-order valence-corrected chi connectivity index (χ3v) is 4.38. The molecule has 0 bridgehead atoms. The van der Waals surface area contributed by atoms with Gasteiger partial charge in [-0.2, -0.15) is 0 Å². The summed E-state index contributed by atoms with van der Waals surface area (Å²) in [7, 11) is -0.863. The van der Waals surface area contributed by atoms with Gasteiger partial charge < -0.3 is 13.5 Å². The van der Waals surface area contributed by atoms with E-state index in [1.54, 1.807) is 12.1 Å². The fraction of sp³-hybridized carbons (Fsp3) is 0.250. The van der Waals surface area contributed by atoms with Crippen molar-refractivity contribution in [3.63, 3.8) is 0 Å². The first kappa shape index (κ1) is 13.0. The average Bonchev–Trinajstić information content (AvgIpc) is 2.82. The number of hydrogen-bond donors (Lipinski definition) is 0. The Morgan fingerprint density at radius 3 is 2.56 bits per heavy atom. The topological polar surface area (TPSA) is 65.7 Å². The summed E-state index contributed by atoms with van der Waals surface area (Å²) >= 11 is 0. The van der Waals surface area contributed by atoms with E-state index in [-0.39, 0.29) is 11.9 Å². The molecule has 0 N–H and O–H groups in total. The van der Waals surface area contributed by atoms with Crippen LogP contribution in [-0.4, -0.2) is 26.2 Å². The van der Waals surface area contributed by atoms with Crippen LogP contribution >= 0.6 is 7.60 Å². The van der Waals surface area contributed by atoms with Gasteiger partial charge in [-0.05, 0) is 12.1 Å². The van der Waals surface area contributed by atoms with Crippen LogP contribution in [0.4, 0.5) is 0 Å². The van der Waals surface area contributed by atoms with Crippen molar-refractivity contribution in [3.05, 3.63) is 36.1 Å². The number of benzene rings is 1. The van der Waals surface area contributed by atoms with Crippen LogP contribution in [0.2, 0.25) is 0 Å². The molecule has 18 heavy (non-hydrogen) atoms. The summed E-state index contributed by atoms with van der Waals surface area (Å²) in [5.74, 6) is -0.247. The number of rotatable bonds is 5. The molecule has 0 aliphatic heterocycles. The summed E-state index contributed by atoms with van der Waals surface area (Å²) in [6.45, 7) is 0. The summed E-state index contributed by atoms with van der Waals surface area (Å²) in [4.78, 5) is 11.9. The fourth-order valence-corrected chi connectivity index (χ4v) is 2.49. The van der Waals surface area contributed by atoms with Crippen molar-refractivity contribution in [2.24, 2.45) is 0 Å². The molecule has 0 aliphatic carbocycles. The van der Waals surface area contributed by atoms with Gasteiger partial charge >= 0.3 is 7.60 Å². The fourth-order valence-electron chi connectivity index (χ4n) is 1.58. The zero-order chi connectivity index (χ0) is 13.2. The SMILES string of the molecule is COP(=O)(CC(=O)c1cc2ccccc2o1)OC. The van der Waals surface area contributed by atoms with E-state index in [0.717, 1.165) is 5.39 Å². The summed E-state index contributed by atoms with van der Waals surface area (Å²) in [6, 6.07) is 8.88. The van der Waals surface area contributed by atoms with Crippen molar-refractivity contribution < 1.29 is 22.8 Å². The van der Waals surface area contributed by atoms with Crippen molar-refractivity contribution >= 4 is 24.3 Å². The van der Waals surface area contributed by atoms with Gasteiger partial charge in [-0.15, -0.1) is 0 Å². The molecule has 0 saturated carbocycles. The number of fused-ring (bicyclic) bond motifs is 1. The highest BCUT2D eigenvalue weighted by Crippen LogP contribution is 2.46. The highest BCUT2D eigenvalue weighted by atomic mass is 31.2. The normalized spacial score (nSPS) is 11.9. The monoisotopic (exact) mass is 268 g/mol. The van der Waals surface area contributed by atoms with Crippen LogP contribution in [0.25, 0.3) is 11.0 Å². The quantitative estimate of drug-likeness (QED) is 0.615. The van der Waals surface area contributed by atoms with Crippen molar-refractivity contribution in [1.82, 2.24) is 0 Å². The second kappa shape index (κ2) is 5.06. The molecule has 0 atom stereocenters. The smallest absolute Gasteiger partial charge is 0.338 e. The third kappa shape index (κ3) is 2.53. The molecule has 5 nitrogen and oxygen atoms in total. The molecule has 2 aromatic rings. The zero-order valence-corrected chi connectivity index (χ0v) is 11.0. The van der Waals surface area contributed by atoms with Crippen molar-refractivity contribution in [2.75, 3.05) is 20.4 Å². The molecular formula is C12H13O5P. The Hall–Kier alpha value is -1.42. The Labute approximate surface area is 104 Å². The summed E-state index contributed by atoms with van der Waals surface area (Å²) < 4.78 is 26.7. The summed E-state index contributed by atoms with van der Waals surface area (Å²) in [6.07, 6.45) is -0.334. The second-order valence-corrected chi connectivity index (χ2v) is 5.97. The van der Waals surface area contributed by atoms with Crippen molar-refractivity contribution in [3.8, 4) is 0 Å². The van der Waals surface area contributed by atoms with Crippen LogP contribution in [0.15, 0.2) is 34.7 Å². The van der Waals surface area contributed by atoms with Crippen LogP contribution in [0, 0.1) is 0 Å². The predicted molar refractivity (Wildman–Crippen MR) is 67.0 cm³/mol. The maximum absolute atomic E-state index is 11.9. The Morgan fingerprint density at radius 1 is 1.28 bits per heavy atom. The standard InChI is InChI=1S/C12H13O5P/c1-15-18(14,16-2)8-10(13)12-7-9-5-3-4-6-11(9)17-12/h3-7H,8H2,1-2H3. The van der Waals surface area contributed by atoms with Crippen molar-refractivity contribution in [1.29, 1.82) is 0 Å². The number of carbonyl (C=O) groups excluding carboxylic acids is 1. The van der Waals surface area contributed by atoms with E-state index in [1.807, 2.05) is 18.2 Å². The molecule has 0 radical (unpaired) electrons. The maximum atomic E-state index is 11.9. The van der Waals surface area contributed by atoms with Gasteiger partial charge in [-0.1, -0.05) is 18.2 Å². The minimum absolute atomic E-state index is 0.158. The summed E-state index contributed by atoms with van der Waals surface area (Å²) in [5.41, 5.74) is 0.616. The second-order valence-electron chi connectivity index (χ2n) is 3.71. The molecule has 6 heteroatoms. The van der Waals surface area contributed by atoms with Gasteiger partial charge in [-0.3, -0.25) is 9.36 Å². The highest BCUT2D eigenvalue weighted by Gasteiger charge is 2.27. The summed E-state index contributed by atoms with van der Waals surface area (Å²) in [5, 5.41) is 0.825. The van der Waals surface area contributed by atoms with Gasteiger partial charge in [0.25, 0.3) is 0 Å².